The number of carbonyl (C=O) groups is 1. The Morgan fingerprint density at radius 1 is 0.846 bits per heavy atom. The van der Waals surface area contributed by atoms with Gasteiger partial charge >= 0.3 is 5.97 Å². The van der Waals surface area contributed by atoms with Gasteiger partial charge in [-0.05, 0) is 42.3 Å². The summed E-state index contributed by atoms with van der Waals surface area (Å²) in [7, 11) is 0. The quantitative estimate of drug-likeness (QED) is 0.519. The van der Waals surface area contributed by atoms with E-state index in [2.05, 4.69) is 45.0 Å². The lowest BCUT2D eigenvalue weighted by molar-refractivity contribution is 0.0731. The van der Waals surface area contributed by atoms with Crippen molar-refractivity contribution >= 4 is 5.97 Å². The number of phenolic OH excluding ortho intramolecular Hbond substituents is 1. The molecule has 26 heavy (non-hydrogen) atoms. The van der Waals surface area contributed by atoms with Crippen molar-refractivity contribution in [3.8, 4) is 11.5 Å². The second kappa shape index (κ2) is 7.04. The molecule has 0 atom stereocenters. The lowest BCUT2D eigenvalue weighted by atomic mass is 9.78. The van der Waals surface area contributed by atoms with Crippen molar-refractivity contribution in [1.29, 1.82) is 0 Å². The number of carbonyl (C=O) groups excluding carboxylic acids is 1. The Labute approximate surface area is 153 Å². The summed E-state index contributed by atoms with van der Waals surface area (Å²) < 4.78 is 5.37. The third kappa shape index (κ3) is 3.62. The molecule has 0 fully saturated rings. The standard InChI is InChI=1S/C23H22O3/c1-16-8-10-17(11-9-16)23(2,3)18-12-14-19(15-13-18)26-22(25)20-6-4-5-7-21(20)24/h4-15,24H,1-3H3. The van der Waals surface area contributed by atoms with Crippen LogP contribution in [0.15, 0.2) is 72.8 Å². The normalized spacial score (nSPS) is 11.2. The molecular formula is C23H22O3. The van der Waals surface area contributed by atoms with Crippen LogP contribution < -0.4 is 4.74 Å². The first kappa shape index (κ1) is 17.7. The number of aromatic hydroxyl groups is 1. The Morgan fingerprint density at radius 2 is 1.38 bits per heavy atom. The van der Waals surface area contributed by atoms with Gasteiger partial charge in [-0.1, -0.05) is 67.9 Å². The Kier molecular flexibility index (Phi) is 4.81. The van der Waals surface area contributed by atoms with Crippen molar-refractivity contribution in [2.45, 2.75) is 26.2 Å². The lowest BCUT2D eigenvalue weighted by Gasteiger charge is -2.26. The molecule has 0 radical (unpaired) electrons. The van der Waals surface area contributed by atoms with Crippen molar-refractivity contribution in [2.24, 2.45) is 0 Å². The van der Waals surface area contributed by atoms with Gasteiger partial charge in [0.05, 0.1) is 0 Å². The van der Waals surface area contributed by atoms with E-state index in [0.29, 0.717) is 5.75 Å². The Morgan fingerprint density at radius 3 is 1.96 bits per heavy atom. The summed E-state index contributed by atoms with van der Waals surface area (Å²) in [5, 5.41) is 9.75. The molecule has 0 aliphatic heterocycles. The Balaban J connectivity index is 1.79. The number of hydrogen-bond donors (Lipinski definition) is 1. The van der Waals surface area contributed by atoms with E-state index in [1.807, 2.05) is 12.1 Å². The molecule has 1 N–H and O–H groups in total. The van der Waals surface area contributed by atoms with Gasteiger partial charge in [0, 0.05) is 5.41 Å². The highest BCUT2D eigenvalue weighted by Crippen LogP contribution is 2.32. The molecule has 3 nitrogen and oxygen atoms in total. The van der Waals surface area contributed by atoms with Crippen molar-refractivity contribution in [3.63, 3.8) is 0 Å². The fourth-order valence-electron chi connectivity index (χ4n) is 2.88. The number of hydrogen-bond acceptors (Lipinski definition) is 3. The van der Waals surface area contributed by atoms with Gasteiger partial charge in [0.2, 0.25) is 0 Å². The molecule has 0 saturated heterocycles. The molecule has 0 aromatic heterocycles. The third-order valence-electron chi connectivity index (χ3n) is 4.68. The minimum absolute atomic E-state index is 0.0883. The molecule has 0 aliphatic carbocycles. The van der Waals surface area contributed by atoms with E-state index in [0.717, 1.165) is 5.56 Å². The van der Waals surface area contributed by atoms with Gasteiger partial charge in [-0.2, -0.15) is 0 Å². The number of aryl methyl sites for hydroxylation is 1. The number of ether oxygens (including phenoxy) is 1. The molecular weight excluding hydrogens is 324 g/mol. The average Bonchev–Trinajstić information content (AvgIpc) is 2.63. The SMILES string of the molecule is Cc1ccc(C(C)(C)c2ccc(OC(=O)c3ccccc3O)cc2)cc1. The van der Waals surface area contributed by atoms with E-state index in [1.54, 1.807) is 24.3 Å². The van der Waals surface area contributed by atoms with Crippen LogP contribution in [0.5, 0.6) is 11.5 Å². The van der Waals surface area contributed by atoms with E-state index in [9.17, 15) is 9.90 Å². The van der Waals surface area contributed by atoms with Gasteiger partial charge in [-0.3, -0.25) is 0 Å². The van der Waals surface area contributed by atoms with Crippen LogP contribution in [0.4, 0.5) is 0 Å². The molecule has 0 spiro atoms. The summed E-state index contributed by atoms with van der Waals surface area (Å²) in [5.41, 5.74) is 3.58. The van der Waals surface area contributed by atoms with E-state index >= 15 is 0 Å². The molecule has 0 unspecified atom stereocenters. The fraction of sp³-hybridized carbons (Fsp3) is 0.174. The number of benzene rings is 3. The first-order valence-corrected chi connectivity index (χ1v) is 8.56. The molecule has 0 aliphatic rings. The highest BCUT2D eigenvalue weighted by Gasteiger charge is 2.23. The highest BCUT2D eigenvalue weighted by molar-refractivity contribution is 5.93. The molecule has 3 rings (SSSR count). The van der Waals surface area contributed by atoms with Crippen LogP contribution in [0.2, 0.25) is 0 Å². The molecule has 3 heteroatoms. The maximum absolute atomic E-state index is 12.2. The maximum atomic E-state index is 12.2. The number of para-hydroxylation sites is 1. The minimum atomic E-state index is -0.575. The van der Waals surface area contributed by atoms with Crippen molar-refractivity contribution < 1.29 is 14.6 Å². The monoisotopic (exact) mass is 346 g/mol. The summed E-state index contributed by atoms with van der Waals surface area (Å²) >= 11 is 0. The highest BCUT2D eigenvalue weighted by atomic mass is 16.5. The second-order valence-electron chi connectivity index (χ2n) is 6.92. The summed E-state index contributed by atoms with van der Waals surface area (Å²) in [5.74, 6) is -0.218. The van der Waals surface area contributed by atoms with Crippen LogP contribution >= 0.6 is 0 Å². The molecule has 3 aromatic carbocycles. The van der Waals surface area contributed by atoms with Crippen LogP contribution in [0.25, 0.3) is 0 Å². The van der Waals surface area contributed by atoms with Gasteiger partial charge in [-0.25, -0.2) is 4.79 Å². The topological polar surface area (TPSA) is 46.5 Å². The largest absolute Gasteiger partial charge is 0.507 e. The van der Waals surface area contributed by atoms with Crippen LogP contribution in [-0.4, -0.2) is 11.1 Å². The second-order valence-corrected chi connectivity index (χ2v) is 6.92. The zero-order valence-corrected chi connectivity index (χ0v) is 15.2. The molecule has 0 heterocycles. The van der Waals surface area contributed by atoms with E-state index in [4.69, 9.17) is 4.74 Å². The van der Waals surface area contributed by atoms with Crippen LogP contribution in [0.1, 0.15) is 40.9 Å². The summed E-state index contributed by atoms with van der Waals surface area (Å²) in [6.45, 7) is 6.41. The van der Waals surface area contributed by atoms with Gasteiger partial charge in [-0.15, -0.1) is 0 Å². The van der Waals surface area contributed by atoms with Crippen LogP contribution in [0.3, 0.4) is 0 Å². The molecule has 0 bridgehead atoms. The number of phenols is 1. The average molecular weight is 346 g/mol. The van der Waals surface area contributed by atoms with Gasteiger partial charge < -0.3 is 9.84 Å². The predicted octanol–water partition coefficient (Wildman–Crippen LogP) is 5.25. The van der Waals surface area contributed by atoms with Crippen molar-refractivity contribution in [2.75, 3.05) is 0 Å². The third-order valence-corrected chi connectivity index (χ3v) is 4.68. The van der Waals surface area contributed by atoms with Crippen LogP contribution in [0, 0.1) is 6.92 Å². The molecule has 0 saturated carbocycles. The van der Waals surface area contributed by atoms with E-state index < -0.39 is 5.97 Å². The summed E-state index contributed by atoms with van der Waals surface area (Å²) in [4.78, 5) is 12.2. The van der Waals surface area contributed by atoms with E-state index in [-0.39, 0.29) is 16.7 Å². The fourth-order valence-corrected chi connectivity index (χ4v) is 2.88. The number of esters is 1. The molecule has 3 aromatic rings. The zero-order chi connectivity index (χ0) is 18.7. The lowest BCUT2D eigenvalue weighted by Crippen LogP contribution is -2.18. The van der Waals surface area contributed by atoms with Crippen molar-refractivity contribution in [1.82, 2.24) is 0 Å². The maximum Gasteiger partial charge on any atom is 0.347 e. The smallest absolute Gasteiger partial charge is 0.347 e. The van der Waals surface area contributed by atoms with E-state index in [1.165, 1.54) is 23.3 Å². The van der Waals surface area contributed by atoms with Gasteiger partial charge in [0.25, 0.3) is 0 Å². The first-order valence-electron chi connectivity index (χ1n) is 8.56. The predicted molar refractivity (Wildman–Crippen MR) is 103 cm³/mol. The Hall–Kier alpha value is -3.07. The van der Waals surface area contributed by atoms with Crippen LogP contribution in [-0.2, 0) is 5.41 Å². The zero-order valence-electron chi connectivity index (χ0n) is 15.2. The molecule has 0 amide bonds. The number of rotatable bonds is 4. The summed E-state index contributed by atoms with van der Waals surface area (Å²) in [6.07, 6.45) is 0. The van der Waals surface area contributed by atoms with Gasteiger partial charge in [0.1, 0.15) is 17.1 Å². The van der Waals surface area contributed by atoms with Gasteiger partial charge in [0.15, 0.2) is 0 Å². The summed E-state index contributed by atoms with van der Waals surface area (Å²) in [6, 6.07) is 22.3. The first-order chi connectivity index (χ1) is 12.4. The van der Waals surface area contributed by atoms with Crippen molar-refractivity contribution in [3.05, 3.63) is 95.1 Å². The molecule has 132 valence electrons. The Bertz CT molecular complexity index is 907. The minimum Gasteiger partial charge on any atom is -0.507 e.